The van der Waals surface area contributed by atoms with Crippen molar-refractivity contribution in [2.75, 3.05) is 6.61 Å². The maximum absolute atomic E-state index is 12.9. The van der Waals surface area contributed by atoms with Crippen molar-refractivity contribution < 1.29 is 23.8 Å². The lowest BCUT2D eigenvalue weighted by Crippen LogP contribution is -2.08. The van der Waals surface area contributed by atoms with Gasteiger partial charge in [0.1, 0.15) is 11.6 Å². The molecule has 0 saturated carbocycles. The molecule has 0 spiro atoms. The smallest absolute Gasteiger partial charge is 0.306 e. The Morgan fingerprint density at radius 3 is 2.59 bits per heavy atom. The molecule has 0 fully saturated rings. The molecule has 0 saturated heterocycles. The highest BCUT2D eigenvalue weighted by atomic mass is 19.1. The number of benzene rings is 1. The Morgan fingerprint density at radius 2 is 2.00 bits per heavy atom. The van der Waals surface area contributed by atoms with Crippen LogP contribution in [0.15, 0.2) is 18.2 Å². The molecule has 0 aliphatic heterocycles. The van der Waals surface area contributed by atoms with Crippen molar-refractivity contribution in [3.63, 3.8) is 0 Å². The third kappa shape index (κ3) is 4.22. The summed E-state index contributed by atoms with van der Waals surface area (Å²) in [6.45, 7) is 1.93. The molecular weight excluding hydrogens is 227 g/mol. The quantitative estimate of drug-likeness (QED) is 0.632. The number of aromatic hydroxyl groups is 1. The highest BCUT2D eigenvalue weighted by molar-refractivity contribution is 5.97. The van der Waals surface area contributed by atoms with Gasteiger partial charge in [-0.05, 0) is 19.1 Å². The van der Waals surface area contributed by atoms with Crippen LogP contribution in [0, 0.1) is 5.82 Å². The summed E-state index contributed by atoms with van der Waals surface area (Å²) >= 11 is 0. The number of phenols is 1. The van der Waals surface area contributed by atoms with E-state index in [1.54, 1.807) is 6.92 Å². The van der Waals surface area contributed by atoms with Gasteiger partial charge < -0.3 is 9.84 Å². The number of halogens is 1. The monoisotopic (exact) mass is 240 g/mol. The first-order valence-corrected chi connectivity index (χ1v) is 5.21. The first-order valence-electron chi connectivity index (χ1n) is 5.21. The second kappa shape index (κ2) is 5.98. The fourth-order valence-corrected chi connectivity index (χ4v) is 1.33. The summed E-state index contributed by atoms with van der Waals surface area (Å²) in [5, 5.41) is 9.12. The molecule has 1 aromatic rings. The number of Topliss-reactive ketones (excluding diaryl/α,β-unsaturated/α-hetero) is 1. The average molecular weight is 240 g/mol. The molecule has 0 radical (unpaired) electrons. The molecule has 1 N–H and O–H groups in total. The van der Waals surface area contributed by atoms with E-state index >= 15 is 0 Å². The van der Waals surface area contributed by atoms with Crippen LogP contribution >= 0.6 is 0 Å². The molecule has 17 heavy (non-hydrogen) atoms. The van der Waals surface area contributed by atoms with E-state index in [2.05, 4.69) is 4.74 Å². The molecule has 0 bridgehead atoms. The summed E-state index contributed by atoms with van der Waals surface area (Å²) in [4.78, 5) is 22.6. The molecule has 0 aliphatic carbocycles. The van der Waals surface area contributed by atoms with Crippen LogP contribution in [0.4, 0.5) is 4.39 Å². The molecule has 92 valence electrons. The van der Waals surface area contributed by atoms with Crippen molar-refractivity contribution in [2.24, 2.45) is 0 Å². The second-order valence-electron chi connectivity index (χ2n) is 3.43. The van der Waals surface area contributed by atoms with Crippen molar-refractivity contribution in [3.8, 4) is 5.75 Å². The van der Waals surface area contributed by atoms with Gasteiger partial charge in [0.15, 0.2) is 5.78 Å². The summed E-state index contributed by atoms with van der Waals surface area (Å²) in [7, 11) is 0. The third-order valence-electron chi connectivity index (χ3n) is 2.07. The molecule has 0 atom stereocenters. The van der Waals surface area contributed by atoms with Crippen LogP contribution in [0.2, 0.25) is 0 Å². The van der Waals surface area contributed by atoms with Gasteiger partial charge in [-0.1, -0.05) is 0 Å². The zero-order valence-corrected chi connectivity index (χ0v) is 9.40. The minimum Gasteiger partial charge on any atom is -0.508 e. The molecule has 1 aromatic carbocycles. The van der Waals surface area contributed by atoms with Gasteiger partial charge >= 0.3 is 5.97 Å². The van der Waals surface area contributed by atoms with E-state index in [-0.39, 0.29) is 30.8 Å². The first-order chi connectivity index (χ1) is 8.02. The van der Waals surface area contributed by atoms with Gasteiger partial charge in [0.2, 0.25) is 0 Å². The molecule has 0 amide bonds. The second-order valence-corrected chi connectivity index (χ2v) is 3.43. The molecular formula is C12H13FO4. The lowest BCUT2D eigenvalue weighted by atomic mass is 10.1. The normalized spacial score (nSPS) is 10.0. The standard InChI is InChI=1S/C12H13FO4/c1-2-17-12(16)4-3-11(15)8-5-9(13)7-10(14)6-8/h5-7,14H,2-4H2,1H3. The van der Waals surface area contributed by atoms with Gasteiger partial charge in [-0.2, -0.15) is 0 Å². The lowest BCUT2D eigenvalue weighted by Gasteiger charge is -2.03. The molecule has 5 heteroatoms. The summed E-state index contributed by atoms with van der Waals surface area (Å²) in [6, 6.07) is 3.09. The lowest BCUT2D eigenvalue weighted by molar-refractivity contribution is -0.143. The van der Waals surface area contributed by atoms with Crippen molar-refractivity contribution in [3.05, 3.63) is 29.6 Å². The zero-order valence-electron chi connectivity index (χ0n) is 9.40. The van der Waals surface area contributed by atoms with Crippen molar-refractivity contribution in [1.29, 1.82) is 0 Å². The van der Waals surface area contributed by atoms with E-state index in [1.807, 2.05) is 0 Å². The maximum atomic E-state index is 12.9. The Kier molecular flexibility index (Phi) is 4.63. The highest BCUT2D eigenvalue weighted by Crippen LogP contribution is 2.16. The number of esters is 1. The molecule has 0 aliphatic rings. The van der Waals surface area contributed by atoms with Crippen molar-refractivity contribution >= 4 is 11.8 Å². The van der Waals surface area contributed by atoms with E-state index in [1.165, 1.54) is 0 Å². The van der Waals surface area contributed by atoms with Gasteiger partial charge in [-0.25, -0.2) is 4.39 Å². The predicted molar refractivity (Wildman–Crippen MR) is 58.3 cm³/mol. The summed E-state index contributed by atoms with van der Waals surface area (Å²) in [5.74, 6) is -1.89. The maximum Gasteiger partial charge on any atom is 0.306 e. The van der Waals surface area contributed by atoms with E-state index < -0.39 is 17.6 Å². The number of ketones is 1. The topological polar surface area (TPSA) is 63.6 Å². The first kappa shape index (κ1) is 13.2. The van der Waals surface area contributed by atoms with Crippen molar-refractivity contribution in [2.45, 2.75) is 19.8 Å². The van der Waals surface area contributed by atoms with Crippen LogP contribution in [0.1, 0.15) is 30.1 Å². The van der Waals surface area contributed by atoms with E-state index in [4.69, 9.17) is 5.11 Å². The number of hydrogen-bond acceptors (Lipinski definition) is 4. The van der Waals surface area contributed by atoms with Gasteiger partial charge in [0, 0.05) is 18.1 Å². The number of hydrogen-bond donors (Lipinski definition) is 1. The number of ether oxygens (including phenoxy) is 1. The highest BCUT2D eigenvalue weighted by Gasteiger charge is 2.11. The van der Waals surface area contributed by atoms with Gasteiger partial charge in [-0.15, -0.1) is 0 Å². The Bertz CT molecular complexity index is 408. The van der Waals surface area contributed by atoms with Crippen LogP contribution in [0.25, 0.3) is 0 Å². The third-order valence-corrected chi connectivity index (χ3v) is 2.07. The minimum atomic E-state index is -0.690. The molecule has 1 rings (SSSR count). The number of carbonyl (C=O) groups is 2. The molecule has 0 aromatic heterocycles. The van der Waals surface area contributed by atoms with Crippen LogP contribution < -0.4 is 0 Å². The van der Waals surface area contributed by atoms with Crippen LogP contribution in [0.5, 0.6) is 5.75 Å². The van der Waals surface area contributed by atoms with Crippen LogP contribution in [-0.4, -0.2) is 23.5 Å². The van der Waals surface area contributed by atoms with Gasteiger partial charge in [0.05, 0.1) is 13.0 Å². The number of carbonyl (C=O) groups excluding carboxylic acids is 2. The summed E-state index contributed by atoms with van der Waals surface area (Å²) < 4.78 is 17.6. The average Bonchev–Trinajstić information content (AvgIpc) is 2.25. The molecule has 0 unspecified atom stereocenters. The van der Waals surface area contributed by atoms with Crippen LogP contribution in [-0.2, 0) is 9.53 Å². The van der Waals surface area contributed by atoms with Crippen molar-refractivity contribution in [1.82, 2.24) is 0 Å². The fourth-order valence-electron chi connectivity index (χ4n) is 1.33. The fraction of sp³-hybridized carbons (Fsp3) is 0.333. The Labute approximate surface area is 98.0 Å². The summed E-state index contributed by atoms with van der Waals surface area (Å²) in [6.07, 6.45) is -0.119. The van der Waals surface area contributed by atoms with Gasteiger partial charge in [-0.3, -0.25) is 9.59 Å². The van der Waals surface area contributed by atoms with E-state index in [0.29, 0.717) is 0 Å². The Balaban J connectivity index is 2.61. The minimum absolute atomic E-state index is 0.0480. The van der Waals surface area contributed by atoms with Crippen LogP contribution in [0.3, 0.4) is 0 Å². The number of phenolic OH excluding ortho intramolecular Hbond substituents is 1. The Hall–Kier alpha value is -1.91. The summed E-state index contributed by atoms with van der Waals surface area (Å²) in [5.41, 5.74) is 0.0480. The van der Waals surface area contributed by atoms with E-state index in [9.17, 15) is 14.0 Å². The Morgan fingerprint density at radius 1 is 1.29 bits per heavy atom. The largest absolute Gasteiger partial charge is 0.508 e. The zero-order chi connectivity index (χ0) is 12.8. The SMILES string of the molecule is CCOC(=O)CCC(=O)c1cc(O)cc(F)c1. The molecule has 4 nitrogen and oxygen atoms in total. The number of rotatable bonds is 5. The predicted octanol–water partition coefficient (Wildman–Crippen LogP) is 2.06. The molecule has 0 heterocycles. The van der Waals surface area contributed by atoms with E-state index in [0.717, 1.165) is 18.2 Å². The van der Waals surface area contributed by atoms with Gasteiger partial charge in [0.25, 0.3) is 0 Å².